The SMILES string of the molecule is CC(C)(C)OC(=O)N1C2CCC1C(C(=O)O)C(c1ccc(OCc3cc(-c4c(F)ccc(F)c4Cl)no3)cc1)C2. The number of carboxylic acid groups (broad SMARTS) is 1. The summed E-state index contributed by atoms with van der Waals surface area (Å²) in [5.74, 6) is -2.71. The summed E-state index contributed by atoms with van der Waals surface area (Å²) in [7, 11) is 0. The van der Waals surface area contributed by atoms with Gasteiger partial charge in [-0.3, -0.25) is 4.79 Å². The normalized spacial score (nSPS) is 22.3. The molecule has 4 atom stereocenters. The minimum absolute atomic E-state index is 0.0307. The largest absolute Gasteiger partial charge is 0.486 e. The molecular formula is C29H29ClF2N2O6. The zero-order valence-electron chi connectivity index (χ0n) is 22.2. The Kier molecular flexibility index (Phi) is 7.48. The lowest BCUT2D eigenvalue weighted by atomic mass is 9.76. The second kappa shape index (κ2) is 10.7. The fourth-order valence-electron chi connectivity index (χ4n) is 5.71. The predicted octanol–water partition coefficient (Wildman–Crippen LogP) is 6.81. The molecule has 3 heterocycles. The third kappa shape index (κ3) is 5.50. The number of halogens is 3. The topological polar surface area (TPSA) is 102 Å². The number of fused-ring (bicyclic) bond motifs is 2. The Balaban J connectivity index is 1.27. The molecule has 2 bridgehead atoms. The van der Waals surface area contributed by atoms with Crippen molar-refractivity contribution >= 4 is 23.7 Å². The predicted molar refractivity (Wildman–Crippen MR) is 141 cm³/mol. The molecule has 2 fully saturated rings. The van der Waals surface area contributed by atoms with Gasteiger partial charge in [-0.1, -0.05) is 28.9 Å². The van der Waals surface area contributed by atoms with E-state index in [0.717, 1.165) is 24.1 Å². The molecule has 0 aliphatic carbocycles. The molecule has 5 rings (SSSR count). The van der Waals surface area contributed by atoms with E-state index in [-0.39, 0.29) is 40.6 Å². The number of nitrogens with zero attached hydrogens (tertiary/aromatic N) is 2. The summed E-state index contributed by atoms with van der Waals surface area (Å²) in [6, 6.07) is 9.90. The van der Waals surface area contributed by atoms with Gasteiger partial charge in [0.2, 0.25) is 0 Å². The van der Waals surface area contributed by atoms with Crippen LogP contribution in [0.2, 0.25) is 5.02 Å². The second-order valence-electron chi connectivity index (χ2n) is 11.1. The lowest BCUT2D eigenvalue weighted by Crippen LogP contribution is -2.54. The fourth-order valence-corrected chi connectivity index (χ4v) is 5.96. The van der Waals surface area contributed by atoms with Crippen LogP contribution in [0.3, 0.4) is 0 Å². The van der Waals surface area contributed by atoms with E-state index < -0.39 is 41.3 Å². The summed E-state index contributed by atoms with van der Waals surface area (Å²) in [6.07, 6.45) is 1.40. The van der Waals surface area contributed by atoms with Crippen molar-refractivity contribution in [3.8, 4) is 17.0 Å². The van der Waals surface area contributed by atoms with Gasteiger partial charge in [0, 0.05) is 24.1 Å². The van der Waals surface area contributed by atoms with Crippen LogP contribution in [0.4, 0.5) is 13.6 Å². The third-order valence-electron chi connectivity index (χ3n) is 7.36. The number of carbonyl (C=O) groups is 2. The first-order valence-corrected chi connectivity index (χ1v) is 13.4. The van der Waals surface area contributed by atoms with Crippen molar-refractivity contribution in [1.82, 2.24) is 10.1 Å². The number of carboxylic acids is 1. The molecular weight excluding hydrogens is 546 g/mol. The quantitative estimate of drug-likeness (QED) is 0.323. The maximum absolute atomic E-state index is 14.2. The van der Waals surface area contributed by atoms with Crippen molar-refractivity contribution < 1.29 is 37.5 Å². The number of rotatable bonds is 6. The molecule has 11 heteroatoms. The third-order valence-corrected chi connectivity index (χ3v) is 7.73. The molecule has 3 aromatic rings. The number of carbonyl (C=O) groups excluding carboxylic acids is 1. The molecule has 2 saturated heterocycles. The molecule has 212 valence electrons. The first kappa shape index (κ1) is 27.9. The minimum Gasteiger partial charge on any atom is -0.486 e. The lowest BCUT2D eigenvalue weighted by Gasteiger charge is -2.43. The molecule has 0 spiro atoms. The average Bonchev–Trinajstić information content (AvgIpc) is 3.47. The van der Waals surface area contributed by atoms with E-state index >= 15 is 0 Å². The van der Waals surface area contributed by atoms with Crippen molar-refractivity contribution in [3.05, 3.63) is 70.4 Å². The summed E-state index contributed by atoms with van der Waals surface area (Å²) in [6.45, 7) is 5.34. The number of piperidine rings is 1. The Morgan fingerprint density at radius 1 is 1.12 bits per heavy atom. The number of hydrogen-bond donors (Lipinski definition) is 1. The van der Waals surface area contributed by atoms with Gasteiger partial charge in [-0.2, -0.15) is 0 Å². The van der Waals surface area contributed by atoms with Gasteiger partial charge in [-0.25, -0.2) is 13.6 Å². The number of amides is 1. The van der Waals surface area contributed by atoms with E-state index in [1.807, 2.05) is 12.1 Å². The van der Waals surface area contributed by atoms with Gasteiger partial charge in [0.1, 0.15) is 35.3 Å². The van der Waals surface area contributed by atoms with E-state index in [0.29, 0.717) is 18.6 Å². The van der Waals surface area contributed by atoms with E-state index in [2.05, 4.69) is 5.16 Å². The van der Waals surface area contributed by atoms with Crippen LogP contribution in [0, 0.1) is 17.6 Å². The highest BCUT2D eigenvalue weighted by Crippen LogP contribution is 2.47. The van der Waals surface area contributed by atoms with Crippen molar-refractivity contribution in [1.29, 1.82) is 0 Å². The maximum atomic E-state index is 14.2. The highest BCUT2D eigenvalue weighted by Gasteiger charge is 2.53. The standard InChI is InChI=1S/C29H29ClF2N2O6/c1-29(2,3)39-28(37)34-16-6-11-23(34)24(27(35)36)19(12-16)15-4-7-17(8-5-15)38-14-18-13-22(33-40-18)25-20(31)9-10-21(32)26(25)30/h4-5,7-10,13,16,19,23-24H,6,11-12,14H2,1-3H3,(H,35,36). The number of aromatic nitrogens is 1. The molecule has 1 aromatic heterocycles. The summed E-state index contributed by atoms with van der Waals surface area (Å²) >= 11 is 5.90. The van der Waals surface area contributed by atoms with E-state index in [4.69, 9.17) is 25.6 Å². The Labute approximate surface area is 234 Å². The lowest BCUT2D eigenvalue weighted by molar-refractivity contribution is -0.146. The molecule has 4 unspecified atom stereocenters. The Morgan fingerprint density at radius 2 is 1.82 bits per heavy atom. The second-order valence-corrected chi connectivity index (χ2v) is 11.5. The van der Waals surface area contributed by atoms with Crippen LogP contribution in [0.25, 0.3) is 11.3 Å². The highest BCUT2D eigenvalue weighted by molar-refractivity contribution is 6.33. The molecule has 40 heavy (non-hydrogen) atoms. The van der Waals surface area contributed by atoms with Crippen LogP contribution in [0.1, 0.15) is 57.3 Å². The van der Waals surface area contributed by atoms with Crippen LogP contribution in [0.15, 0.2) is 47.0 Å². The number of aliphatic carboxylic acids is 1. The molecule has 2 aromatic carbocycles. The summed E-state index contributed by atoms with van der Waals surface area (Å²) in [5, 5.41) is 13.5. The monoisotopic (exact) mass is 574 g/mol. The summed E-state index contributed by atoms with van der Waals surface area (Å²) in [5.41, 5.74) is 0.0279. The zero-order chi connectivity index (χ0) is 28.8. The Hall–Kier alpha value is -3.66. The molecule has 1 amide bonds. The van der Waals surface area contributed by atoms with Gasteiger partial charge >= 0.3 is 12.1 Å². The maximum Gasteiger partial charge on any atom is 0.410 e. The van der Waals surface area contributed by atoms with Crippen LogP contribution in [-0.4, -0.2) is 44.9 Å². The van der Waals surface area contributed by atoms with Crippen molar-refractivity contribution in [2.24, 2.45) is 5.92 Å². The van der Waals surface area contributed by atoms with E-state index in [1.54, 1.807) is 37.8 Å². The first-order valence-electron chi connectivity index (χ1n) is 13.0. The molecule has 2 aliphatic heterocycles. The van der Waals surface area contributed by atoms with Crippen molar-refractivity contribution in [3.63, 3.8) is 0 Å². The van der Waals surface area contributed by atoms with Crippen LogP contribution >= 0.6 is 11.6 Å². The molecule has 8 nitrogen and oxygen atoms in total. The van der Waals surface area contributed by atoms with Crippen LogP contribution < -0.4 is 4.74 Å². The Morgan fingerprint density at radius 3 is 2.50 bits per heavy atom. The van der Waals surface area contributed by atoms with Crippen LogP contribution in [-0.2, 0) is 16.1 Å². The first-order chi connectivity index (χ1) is 18.9. The number of ether oxygens (including phenoxy) is 2. The van der Waals surface area contributed by atoms with E-state index in [1.165, 1.54) is 6.07 Å². The molecule has 0 saturated carbocycles. The summed E-state index contributed by atoms with van der Waals surface area (Å²) in [4.78, 5) is 26.9. The van der Waals surface area contributed by atoms with Gasteiger partial charge in [-0.15, -0.1) is 0 Å². The van der Waals surface area contributed by atoms with Gasteiger partial charge in [0.15, 0.2) is 5.76 Å². The van der Waals surface area contributed by atoms with Crippen LogP contribution in [0.5, 0.6) is 5.75 Å². The molecule has 2 aliphatic rings. The number of hydrogen-bond acceptors (Lipinski definition) is 6. The fraction of sp³-hybridized carbons (Fsp3) is 0.414. The minimum atomic E-state index is -0.944. The highest BCUT2D eigenvalue weighted by atomic mass is 35.5. The van der Waals surface area contributed by atoms with Gasteiger partial charge in [0.25, 0.3) is 0 Å². The Bertz CT molecular complexity index is 1420. The van der Waals surface area contributed by atoms with Gasteiger partial charge < -0.3 is 24.0 Å². The smallest absolute Gasteiger partial charge is 0.410 e. The van der Waals surface area contributed by atoms with E-state index in [9.17, 15) is 23.5 Å². The van der Waals surface area contributed by atoms with Gasteiger partial charge in [-0.05, 0) is 69.9 Å². The molecule has 0 radical (unpaired) electrons. The number of benzene rings is 2. The molecule has 1 N–H and O–H groups in total. The van der Waals surface area contributed by atoms with Crippen molar-refractivity contribution in [2.45, 2.75) is 70.2 Å². The van der Waals surface area contributed by atoms with Crippen molar-refractivity contribution in [2.75, 3.05) is 0 Å². The average molecular weight is 575 g/mol. The van der Waals surface area contributed by atoms with Gasteiger partial charge in [0.05, 0.1) is 16.5 Å². The zero-order valence-corrected chi connectivity index (χ0v) is 23.0. The summed E-state index contributed by atoms with van der Waals surface area (Å²) < 4.78 is 44.5.